The largest absolute Gasteiger partial charge is 0.385 e. The van der Waals surface area contributed by atoms with Crippen molar-refractivity contribution in [3.8, 4) is 6.07 Å². The molecule has 110 valence electrons. The number of anilines is 1. The van der Waals surface area contributed by atoms with Gasteiger partial charge in [-0.05, 0) is 24.1 Å². The number of hydrogen-bond donors (Lipinski definition) is 1. The van der Waals surface area contributed by atoms with Gasteiger partial charge in [-0.1, -0.05) is 6.07 Å². The van der Waals surface area contributed by atoms with Gasteiger partial charge in [0.25, 0.3) is 0 Å². The van der Waals surface area contributed by atoms with Crippen molar-refractivity contribution in [2.24, 2.45) is 5.73 Å². The molecule has 0 heterocycles. The van der Waals surface area contributed by atoms with Crippen molar-refractivity contribution in [1.82, 2.24) is 0 Å². The number of nitriles is 1. The summed E-state index contributed by atoms with van der Waals surface area (Å²) in [7, 11) is 3.37. The quantitative estimate of drug-likeness (QED) is 0.693. The number of nitrogens with two attached hydrogens (primary N) is 1. The fourth-order valence-electron chi connectivity index (χ4n) is 2.03. The molecule has 0 spiro atoms. The van der Waals surface area contributed by atoms with Gasteiger partial charge in [0.1, 0.15) is 6.07 Å². The van der Waals surface area contributed by atoms with E-state index in [1.165, 1.54) is 0 Å². The molecular weight excluding hydrogens is 254 g/mol. The number of benzene rings is 1. The van der Waals surface area contributed by atoms with E-state index < -0.39 is 0 Å². The predicted molar refractivity (Wildman–Crippen MR) is 79.6 cm³/mol. The third kappa shape index (κ3) is 4.82. The molecule has 5 nitrogen and oxygen atoms in total. The first kappa shape index (κ1) is 16.4. The first-order chi connectivity index (χ1) is 9.76. The topological polar surface area (TPSA) is 71.5 Å². The Morgan fingerprint density at radius 3 is 2.55 bits per heavy atom. The lowest BCUT2D eigenvalue weighted by Crippen LogP contribution is -2.29. The fraction of sp³-hybridized carbons (Fsp3) is 0.533. The molecule has 0 radical (unpaired) electrons. The normalized spacial score (nSPS) is 10.3. The lowest BCUT2D eigenvalue weighted by Gasteiger charge is -2.25. The van der Waals surface area contributed by atoms with Gasteiger partial charge in [0.05, 0.1) is 17.9 Å². The van der Waals surface area contributed by atoms with Crippen LogP contribution in [0, 0.1) is 11.3 Å². The molecule has 0 aliphatic heterocycles. The highest BCUT2D eigenvalue weighted by Crippen LogP contribution is 2.21. The smallest absolute Gasteiger partial charge is 0.101 e. The predicted octanol–water partition coefficient (Wildman–Crippen LogP) is 1.51. The van der Waals surface area contributed by atoms with Gasteiger partial charge in [0, 0.05) is 40.5 Å². The van der Waals surface area contributed by atoms with Gasteiger partial charge in [0.2, 0.25) is 0 Å². The number of ether oxygens (including phenoxy) is 2. The maximum atomic E-state index is 9.31. The summed E-state index contributed by atoms with van der Waals surface area (Å²) in [5.41, 5.74) is 8.17. The van der Waals surface area contributed by atoms with Crippen LogP contribution in [-0.4, -0.2) is 40.5 Å². The van der Waals surface area contributed by atoms with Gasteiger partial charge < -0.3 is 20.1 Å². The zero-order chi connectivity index (χ0) is 14.8. The Morgan fingerprint density at radius 2 is 1.95 bits per heavy atom. The minimum atomic E-state index is 0.441. The average Bonchev–Trinajstić information content (AvgIpc) is 2.50. The zero-order valence-electron chi connectivity index (χ0n) is 12.3. The Balaban J connectivity index is 2.90. The lowest BCUT2D eigenvalue weighted by atomic mass is 10.1. The molecule has 1 aromatic rings. The molecule has 20 heavy (non-hydrogen) atoms. The Morgan fingerprint density at radius 1 is 1.20 bits per heavy atom. The van der Waals surface area contributed by atoms with Crippen molar-refractivity contribution in [1.29, 1.82) is 5.26 Å². The van der Waals surface area contributed by atoms with Crippen molar-refractivity contribution in [3.63, 3.8) is 0 Å². The van der Waals surface area contributed by atoms with E-state index in [-0.39, 0.29) is 0 Å². The molecule has 0 amide bonds. The van der Waals surface area contributed by atoms with E-state index in [1.807, 2.05) is 18.2 Å². The van der Waals surface area contributed by atoms with Gasteiger partial charge in [0.15, 0.2) is 0 Å². The molecule has 0 saturated carbocycles. The van der Waals surface area contributed by atoms with E-state index in [9.17, 15) is 5.26 Å². The highest BCUT2D eigenvalue weighted by molar-refractivity contribution is 5.60. The van der Waals surface area contributed by atoms with Crippen molar-refractivity contribution < 1.29 is 9.47 Å². The summed E-state index contributed by atoms with van der Waals surface area (Å²) >= 11 is 0. The van der Waals surface area contributed by atoms with Crippen molar-refractivity contribution in [3.05, 3.63) is 29.3 Å². The van der Waals surface area contributed by atoms with Gasteiger partial charge in [-0.3, -0.25) is 0 Å². The van der Waals surface area contributed by atoms with Crippen molar-refractivity contribution >= 4 is 5.69 Å². The van der Waals surface area contributed by atoms with Crippen LogP contribution in [0.25, 0.3) is 0 Å². The van der Waals surface area contributed by atoms with Crippen molar-refractivity contribution in [2.45, 2.75) is 13.0 Å². The number of methoxy groups -OCH3 is 2. The Kier molecular flexibility index (Phi) is 7.66. The third-order valence-corrected chi connectivity index (χ3v) is 3.10. The van der Waals surface area contributed by atoms with Gasteiger partial charge in [-0.25, -0.2) is 0 Å². The minimum absolute atomic E-state index is 0.441. The van der Waals surface area contributed by atoms with Crippen LogP contribution in [0.4, 0.5) is 5.69 Å². The minimum Gasteiger partial charge on any atom is -0.385 e. The highest BCUT2D eigenvalue weighted by Gasteiger charge is 2.11. The summed E-state index contributed by atoms with van der Waals surface area (Å²) in [6, 6.07) is 8.03. The molecule has 0 fully saturated rings. The first-order valence-corrected chi connectivity index (χ1v) is 6.72. The molecule has 1 aromatic carbocycles. The fourth-order valence-corrected chi connectivity index (χ4v) is 2.03. The number of rotatable bonds is 9. The van der Waals surface area contributed by atoms with E-state index in [4.69, 9.17) is 15.2 Å². The molecule has 0 bridgehead atoms. The standard InChI is InChI=1S/C15H23N3O2/c1-19-8-3-6-18(7-9-20-2)15-5-4-13(11-16)10-14(15)12-17/h4-5,10H,3,6-9,11,16H2,1-2H3. The second-order valence-corrected chi connectivity index (χ2v) is 4.49. The summed E-state index contributed by atoms with van der Waals surface area (Å²) in [4.78, 5) is 2.15. The average molecular weight is 277 g/mol. The van der Waals surface area contributed by atoms with E-state index in [1.54, 1.807) is 14.2 Å². The summed E-state index contributed by atoms with van der Waals surface area (Å²) in [5, 5.41) is 9.31. The molecule has 0 aliphatic carbocycles. The van der Waals surface area contributed by atoms with Crippen LogP contribution < -0.4 is 10.6 Å². The summed E-state index contributed by atoms with van der Waals surface area (Å²) < 4.78 is 10.2. The number of nitrogens with zero attached hydrogens (tertiary/aromatic N) is 2. The molecule has 5 heteroatoms. The van der Waals surface area contributed by atoms with Crippen LogP contribution in [0.3, 0.4) is 0 Å². The van der Waals surface area contributed by atoms with Gasteiger partial charge in [-0.15, -0.1) is 0 Å². The SMILES string of the molecule is COCCCN(CCOC)c1ccc(CN)cc1C#N. The molecule has 0 aliphatic rings. The molecule has 0 saturated heterocycles. The van der Waals surface area contributed by atoms with E-state index in [0.29, 0.717) is 25.3 Å². The van der Waals surface area contributed by atoms with E-state index in [0.717, 1.165) is 30.8 Å². The van der Waals surface area contributed by atoms with E-state index >= 15 is 0 Å². The van der Waals surface area contributed by atoms with Crippen molar-refractivity contribution in [2.75, 3.05) is 45.4 Å². The molecule has 0 unspecified atom stereocenters. The molecule has 0 atom stereocenters. The second kappa shape index (κ2) is 9.32. The molecule has 2 N–H and O–H groups in total. The van der Waals surface area contributed by atoms with Crippen LogP contribution in [0.1, 0.15) is 17.5 Å². The lowest BCUT2D eigenvalue weighted by molar-refractivity contribution is 0.191. The molecule has 0 aromatic heterocycles. The highest BCUT2D eigenvalue weighted by atomic mass is 16.5. The maximum Gasteiger partial charge on any atom is 0.101 e. The Labute approximate surface area is 120 Å². The van der Waals surface area contributed by atoms with Crippen LogP contribution >= 0.6 is 0 Å². The van der Waals surface area contributed by atoms with Crippen LogP contribution in [0.15, 0.2) is 18.2 Å². The first-order valence-electron chi connectivity index (χ1n) is 6.72. The zero-order valence-corrected chi connectivity index (χ0v) is 12.3. The molecule has 1 rings (SSSR count). The second-order valence-electron chi connectivity index (χ2n) is 4.49. The van der Waals surface area contributed by atoms with Crippen LogP contribution in [0.2, 0.25) is 0 Å². The summed E-state index contributed by atoms with van der Waals surface area (Å²) in [6.07, 6.45) is 0.906. The maximum absolute atomic E-state index is 9.31. The summed E-state index contributed by atoms with van der Waals surface area (Å²) in [5.74, 6) is 0. The monoisotopic (exact) mass is 277 g/mol. The Bertz CT molecular complexity index is 443. The van der Waals surface area contributed by atoms with Gasteiger partial charge >= 0.3 is 0 Å². The van der Waals surface area contributed by atoms with Crippen LogP contribution in [0.5, 0.6) is 0 Å². The number of hydrogen-bond acceptors (Lipinski definition) is 5. The summed E-state index contributed by atoms with van der Waals surface area (Å²) in [6.45, 7) is 3.34. The van der Waals surface area contributed by atoms with Gasteiger partial charge in [-0.2, -0.15) is 5.26 Å². The van der Waals surface area contributed by atoms with Crippen LogP contribution in [-0.2, 0) is 16.0 Å². The van der Waals surface area contributed by atoms with E-state index in [2.05, 4.69) is 11.0 Å². The molecular formula is C15H23N3O2. The third-order valence-electron chi connectivity index (χ3n) is 3.10. The Hall–Kier alpha value is -1.61.